The van der Waals surface area contributed by atoms with Crippen molar-refractivity contribution < 1.29 is 16.5 Å². The van der Waals surface area contributed by atoms with Crippen molar-refractivity contribution in [1.29, 1.82) is 0 Å². The van der Waals surface area contributed by atoms with E-state index < -0.39 is 0 Å². The molecular weight excluding hydrogens is 700 g/mol. The normalized spacial score (nSPS) is 11.8. The molecule has 0 nitrogen and oxygen atoms in total. The molecule has 0 saturated carbocycles. The van der Waals surface area contributed by atoms with Gasteiger partial charge in [0.1, 0.15) is 0 Å². The summed E-state index contributed by atoms with van der Waals surface area (Å²) in [6.45, 7) is 8.34. The summed E-state index contributed by atoms with van der Waals surface area (Å²) in [7, 11) is 0. The molecule has 0 spiro atoms. The van der Waals surface area contributed by atoms with Gasteiger partial charge in [0.15, 0.2) is 0 Å². The summed E-state index contributed by atoms with van der Waals surface area (Å²) < 4.78 is 3.07. The molecule has 0 radical (unpaired) electrons. The molecule has 9 heteroatoms. The van der Waals surface area contributed by atoms with E-state index in [1.807, 2.05) is 48.5 Å². The van der Waals surface area contributed by atoms with Gasteiger partial charge >= 0.3 is 0 Å². The molecule has 0 fully saturated rings. The van der Waals surface area contributed by atoms with E-state index in [1.54, 1.807) is 47.0 Å². The molecule has 0 N–H and O–H groups in total. The van der Waals surface area contributed by atoms with Crippen molar-refractivity contribution in [2.75, 3.05) is 0 Å². The maximum Gasteiger partial charge on any atom is 0.0130 e. The zero-order valence-corrected chi connectivity index (χ0v) is 30.3. The van der Waals surface area contributed by atoms with Gasteiger partial charge in [-0.1, -0.05) is 72.8 Å². The molecule has 218 valence electrons. The first-order valence-electron chi connectivity index (χ1n) is 12.3. The molecule has 0 atom stereocenters. The monoisotopic (exact) mass is 726 g/mol. The third-order valence-corrected chi connectivity index (χ3v) is 12.6. The van der Waals surface area contributed by atoms with Gasteiger partial charge in [-0.3, -0.25) is 0 Å². The van der Waals surface area contributed by atoms with Crippen LogP contribution in [-0.4, -0.2) is 0 Å². The number of benzene rings is 4. The van der Waals surface area contributed by atoms with Crippen molar-refractivity contribution in [3.05, 3.63) is 136 Å². The fourth-order valence-electron chi connectivity index (χ4n) is 3.25. The zero-order chi connectivity index (χ0) is 29.1. The Balaban J connectivity index is 0.000000280. The molecule has 0 aliphatic rings. The third kappa shape index (κ3) is 12.0. The molecule has 0 bridgehead atoms. The van der Waals surface area contributed by atoms with Crippen molar-refractivity contribution in [3.8, 4) is 0 Å². The Hall–Kier alpha value is -0.866. The second-order valence-corrected chi connectivity index (χ2v) is 15.5. The predicted octanol–water partition coefficient (Wildman–Crippen LogP) is 10.8. The van der Waals surface area contributed by atoms with Crippen molar-refractivity contribution in [3.63, 3.8) is 0 Å². The van der Waals surface area contributed by atoms with Crippen LogP contribution in [0.4, 0.5) is 0 Å². The van der Waals surface area contributed by atoms with Gasteiger partial charge in [-0.25, -0.2) is 0 Å². The van der Waals surface area contributed by atoms with Crippen LogP contribution in [0.25, 0.3) is 0 Å². The summed E-state index contributed by atoms with van der Waals surface area (Å²) in [6.07, 6.45) is 0. The zero-order valence-electron chi connectivity index (χ0n) is 22.8. The summed E-state index contributed by atoms with van der Waals surface area (Å²) in [5, 5.41) is 0. The van der Waals surface area contributed by atoms with Gasteiger partial charge in [-0.05, 0) is 74.2 Å². The Morgan fingerprint density at radius 3 is 0.707 bits per heavy atom. The van der Waals surface area contributed by atoms with Crippen LogP contribution in [0, 0.1) is 27.7 Å². The first kappa shape index (κ1) is 36.3. The summed E-state index contributed by atoms with van der Waals surface area (Å²) in [4.78, 5) is 4.69. The van der Waals surface area contributed by atoms with Gasteiger partial charge in [0.2, 0.25) is 0 Å². The Morgan fingerprint density at radius 2 is 0.537 bits per heavy atom. The van der Waals surface area contributed by atoms with Crippen LogP contribution in [-0.2, 0) is 67.0 Å². The van der Waals surface area contributed by atoms with Crippen LogP contribution in [0.1, 0.15) is 22.3 Å². The van der Waals surface area contributed by atoms with E-state index in [-0.39, 0.29) is 16.5 Å². The van der Waals surface area contributed by atoms with Crippen molar-refractivity contribution in [2.24, 2.45) is 0 Å². The predicted molar refractivity (Wildman–Crippen MR) is 192 cm³/mol. The Bertz CT molecular complexity index is 1270. The van der Waals surface area contributed by atoms with Gasteiger partial charge < -0.3 is 50.5 Å². The van der Waals surface area contributed by atoms with E-state index in [4.69, 9.17) is 50.5 Å². The number of aryl methyl sites for hydroxylation is 4. The fourth-order valence-corrected chi connectivity index (χ4v) is 7.96. The van der Waals surface area contributed by atoms with Crippen LogP contribution in [0.2, 0.25) is 0 Å². The minimum Gasteiger partial charge on any atom is -0.774 e. The summed E-state index contributed by atoms with van der Waals surface area (Å²) in [6, 6.07) is 32.9. The van der Waals surface area contributed by atoms with Gasteiger partial charge in [0.25, 0.3) is 0 Å². The molecule has 4 aromatic carbocycles. The second kappa shape index (κ2) is 18.7. The van der Waals surface area contributed by atoms with Crippen LogP contribution in [0.15, 0.2) is 134 Å². The molecular formula is C32H28NiS8-4. The summed E-state index contributed by atoms with van der Waals surface area (Å²) >= 11 is 28.1. The standard InChI is InChI=1S/2C16H16S4.Ni/c2*1-11-7-3-5-9-13(11)19-15(17)16(18)20-14-10-6-4-8-12(14)2;/h2*3-10,17-18H,1-2H3;/p-4/b2*16-15-;. The maximum absolute atomic E-state index is 5.46. The Morgan fingerprint density at radius 1 is 0.366 bits per heavy atom. The van der Waals surface area contributed by atoms with Gasteiger partial charge in [-0.15, -0.1) is 64.0 Å². The quantitative estimate of drug-likeness (QED) is 0.0987. The van der Waals surface area contributed by atoms with E-state index in [0.717, 1.165) is 16.9 Å². The van der Waals surface area contributed by atoms with Crippen LogP contribution in [0.3, 0.4) is 0 Å². The number of rotatable bonds is 8. The van der Waals surface area contributed by atoms with Crippen LogP contribution < -0.4 is 0 Å². The van der Waals surface area contributed by atoms with Gasteiger partial charge in [0, 0.05) is 36.1 Å². The number of hydrogen-bond acceptors (Lipinski definition) is 8. The second-order valence-electron chi connectivity index (χ2n) is 8.62. The van der Waals surface area contributed by atoms with E-state index in [1.165, 1.54) is 41.8 Å². The third-order valence-electron chi connectivity index (χ3n) is 5.52. The number of hydrogen-bond donors (Lipinski definition) is 0. The van der Waals surface area contributed by atoms with Crippen LogP contribution >= 0.6 is 47.0 Å². The molecule has 0 saturated heterocycles. The maximum atomic E-state index is 5.46. The van der Waals surface area contributed by atoms with E-state index in [0.29, 0.717) is 0 Å². The topological polar surface area (TPSA) is 0 Å². The van der Waals surface area contributed by atoms with Crippen molar-refractivity contribution in [2.45, 2.75) is 47.3 Å². The fraction of sp³-hybridized carbons (Fsp3) is 0.125. The Kier molecular flexibility index (Phi) is 16.6. The summed E-state index contributed by atoms with van der Waals surface area (Å²) in [5.74, 6) is 0. The van der Waals surface area contributed by atoms with Gasteiger partial charge in [-0.2, -0.15) is 0 Å². The molecule has 0 aliphatic heterocycles. The first-order chi connectivity index (χ1) is 19.2. The number of thioether (sulfide) groups is 4. The molecule has 0 heterocycles. The average Bonchev–Trinajstić information content (AvgIpc) is 2.94. The van der Waals surface area contributed by atoms with Gasteiger partial charge in [0.05, 0.1) is 0 Å². The molecule has 0 aliphatic carbocycles. The molecule has 41 heavy (non-hydrogen) atoms. The first-order valence-corrected chi connectivity index (χ1v) is 17.2. The molecule has 0 amide bonds. The SMILES string of the molecule is Cc1ccccc1S/C([S-])=C(/[S-])Sc1ccccc1C.Cc1ccccc1S/C([S-])=C(/[S-])Sc1ccccc1C.[Ni]. The van der Waals surface area contributed by atoms with Crippen molar-refractivity contribution >= 4 is 97.6 Å². The Labute approximate surface area is 294 Å². The molecule has 4 aromatic rings. The van der Waals surface area contributed by atoms with E-state index >= 15 is 0 Å². The molecule has 0 unspecified atom stereocenters. The van der Waals surface area contributed by atoms with E-state index in [9.17, 15) is 0 Å². The van der Waals surface area contributed by atoms with Crippen LogP contribution in [0.5, 0.6) is 0 Å². The minimum atomic E-state index is 0. The smallest absolute Gasteiger partial charge is 0.0130 e. The minimum absolute atomic E-state index is 0. The summed E-state index contributed by atoms with van der Waals surface area (Å²) in [5.41, 5.74) is 4.90. The van der Waals surface area contributed by atoms with Crippen molar-refractivity contribution in [1.82, 2.24) is 0 Å². The van der Waals surface area contributed by atoms with E-state index in [2.05, 4.69) is 76.2 Å². The average molecular weight is 728 g/mol. The molecule has 0 aromatic heterocycles. The molecule has 4 rings (SSSR count). The largest absolute Gasteiger partial charge is 0.774 e.